The molecule has 0 aliphatic heterocycles. The van der Waals surface area contributed by atoms with Gasteiger partial charge in [-0.3, -0.25) is 4.79 Å². The van der Waals surface area contributed by atoms with Gasteiger partial charge in [0.05, 0.1) is 12.5 Å². The molecule has 2 rings (SSSR count). The summed E-state index contributed by atoms with van der Waals surface area (Å²) in [5, 5.41) is 13.5. The van der Waals surface area contributed by atoms with Gasteiger partial charge < -0.3 is 15.4 Å². The van der Waals surface area contributed by atoms with Crippen LogP contribution < -0.4 is 5.32 Å². The van der Waals surface area contributed by atoms with Crippen LogP contribution in [0.3, 0.4) is 0 Å². The fourth-order valence-corrected chi connectivity index (χ4v) is 2.62. The number of H-pyrrole nitrogens is 1. The van der Waals surface area contributed by atoms with Crippen LogP contribution in [-0.4, -0.2) is 28.6 Å². The van der Waals surface area contributed by atoms with E-state index in [0.717, 1.165) is 29.3 Å². The van der Waals surface area contributed by atoms with Crippen LogP contribution in [0.25, 0.3) is 10.9 Å². The highest BCUT2D eigenvalue weighted by Crippen LogP contribution is 2.22. The Morgan fingerprint density at radius 2 is 2.14 bits per heavy atom. The molecule has 0 radical (unpaired) electrons. The summed E-state index contributed by atoms with van der Waals surface area (Å²) in [7, 11) is 0. The monoisotopic (exact) mass is 288 g/mol. The number of hydrogen-bond donors (Lipinski definition) is 3. The Balaban J connectivity index is 2.01. The summed E-state index contributed by atoms with van der Waals surface area (Å²) >= 11 is 0. The van der Waals surface area contributed by atoms with Crippen LogP contribution in [0.2, 0.25) is 0 Å². The van der Waals surface area contributed by atoms with Crippen LogP contribution >= 0.6 is 0 Å². The maximum absolute atomic E-state index is 12.0. The molecule has 0 saturated carbocycles. The minimum absolute atomic E-state index is 0.0482. The van der Waals surface area contributed by atoms with Gasteiger partial charge in [0.15, 0.2) is 0 Å². The second-order valence-corrected chi connectivity index (χ2v) is 5.43. The molecule has 0 aliphatic carbocycles. The zero-order valence-electron chi connectivity index (χ0n) is 12.8. The van der Waals surface area contributed by atoms with Crippen molar-refractivity contribution in [3.8, 4) is 0 Å². The smallest absolute Gasteiger partial charge is 0.224 e. The van der Waals surface area contributed by atoms with E-state index >= 15 is 0 Å². The number of amides is 1. The van der Waals surface area contributed by atoms with Gasteiger partial charge in [-0.25, -0.2) is 0 Å². The number of benzene rings is 1. The molecule has 0 spiro atoms. The predicted molar refractivity (Wildman–Crippen MR) is 85.3 cm³/mol. The number of fused-ring (bicyclic) bond motifs is 1. The third-order valence-electron chi connectivity index (χ3n) is 3.78. The molecule has 3 N–H and O–H groups in total. The summed E-state index contributed by atoms with van der Waals surface area (Å²) in [6.45, 7) is 4.47. The molecular weight excluding hydrogens is 264 g/mol. The summed E-state index contributed by atoms with van der Waals surface area (Å²) in [5.74, 6) is -0.0482. The first kappa shape index (κ1) is 15.6. The highest BCUT2D eigenvalue weighted by atomic mass is 16.3. The van der Waals surface area contributed by atoms with Gasteiger partial charge >= 0.3 is 0 Å². The Morgan fingerprint density at radius 3 is 2.86 bits per heavy atom. The number of rotatable bonds is 7. The molecule has 4 nitrogen and oxygen atoms in total. The molecule has 1 aromatic heterocycles. The van der Waals surface area contributed by atoms with Gasteiger partial charge in [0.25, 0.3) is 0 Å². The molecule has 1 unspecified atom stereocenters. The lowest BCUT2D eigenvalue weighted by Crippen LogP contribution is -2.32. The molecule has 21 heavy (non-hydrogen) atoms. The summed E-state index contributed by atoms with van der Waals surface area (Å²) in [5.41, 5.74) is 3.38. The lowest BCUT2D eigenvalue weighted by Gasteiger charge is -2.10. The van der Waals surface area contributed by atoms with Crippen LogP contribution in [0, 0.1) is 0 Å². The summed E-state index contributed by atoms with van der Waals surface area (Å²) in [4.78, 5) is 15.3. The second kappa shape index (κ2) is 7.27. The molecule has 0 saturated heterocycles. The first-order chi connectivity index (χ1) is 10.2. The fraction of sp³-hybridized carbons (Fsp3) is 0.471. The molecule has 4 heteroatoms. The van der Waals surface area contributed by atoms with E-state index in [-0.39, 0.29) is 5.91 Å². The van der Waals surface area contributed by atoms with Gasteiger partial charge in [-0.2, -0.15) is 0 Å². The largest absolute Gasteiger partial charge is 0.391 e. The molecule has 2 aromatic rings. The van der Waals surface area contributed by atoms with Gasteiger partial charge in [-0.1, -0.05) is 38.5 Å². The lowest BCUT2D eigenvalue weighted by molar-refractivity contribution is -0.120. The van der Waals surface area contributed by atoms with Crippen molar-refractivity contribution in [1.82, 2.24) is 10.3 Å². The third kappa shape index (κ3) is 3.85. The van der Waals surface area contributed by atoms with E-state index < -0.39 is 6.10 Å². The Morgan fingerprint density at radius 1 is 1.33 bits per heavy atom. The summed E-state index contributed by atoms with van der Waals surface area (Å²) in [6.07, 6.45) is 4.39. The molecule has 0 bridgehead atoms. The number of hydrogen-bond acceptors (Lipinski definition) is 2. The van der Waals surface area contributed by atoms with Gasteiger partial charge in [0.1, 0.15) is 0 Å². The molecule has 114 valence electrons. The van der Waals surface area contributed by atoms with Crippen LogP contribution in [0.5, 0.6) is 0 Å². The van der Waals surface area contributed by atoms with Crippen molar-refractivity contribution in [2.75, 3.05) is 6.54 Å². The van der Waals surface area contributed by atoms with Crippen molar-refractivity contribution < 1.29 is 9.90 Å². The van der Waals surface area contributed by atoms with Crippen LogP contribution in [0.4, 0.5) is 0 Å². The van der Waals surface area contributed by atoms with Crippen molar-refractivity contribution in [2.24, 2.45) is 0 Å². The normalized spacial score (nSPS) is 12.5. The number of nitrogens with one attached hydrogen (secondary N) is 2. The maximum atomic E-state index is 12.0. The minimum Gasteiger partial charge on any atom is -0.391 e. The summed E-state index contributed by atoms with van der Waals surface area (Å²) < 4.78 is 0. The Kier molecular flexibility index (Phi) is 5.39. The number of aliphatic hydroxyl groups is 1. The van der Waals surface area contributed by atoms with E-state index in [0.29, 0.717) is 19.4 Å². The molecule has 1 heterocycles. The zero-order chi connectivity index (χ0) is 15.2. The summed E-state index contributed by atoms with van der Waals surface area (Å²) in [6, 6.07) is 6.17. The highest BCUT2D eigenvalue weighted by Gasteiger charge is 2.11. The van der Waals surface area contributed by atoms with Crippen molar-refractivity contribution in [2.45, 2.75) is 45.6 Å². The molecule has 1 aromatic carbocycles. The number of aryl methyl sites for hydroxylation is 1. The number of aromatic nitrogens is 1. The van der Waals surface area contributed by atoms with Crippen molar-refractivity contribution in [3.05, 3.63) is 35.5 Å². The van der Waals surface area contributed by atoms with E-state index in [1.807, 2.05) is 25.3 Å². The van der Waals surface area contributed by atoms with Crippen LogP contribution in [0.1, 0.15) is 37.8 Å². The standard InChI is InChI=1S/C17H24N2O2/c1-3-6-14(20)11-18-16(21)9-13-10-19-17-12(4-2)7-5-8-15(13)17/h5,7-8,10,14,19-20H,3-4,6,9,11H2,1-2H3,(H,18,21). The first-order valence-electron chi connectivity index (χ1n) is 7.68. The second-order valence-electron chi connectivity index (χ2n) is 5.43. The zero-order valence-corrected chi connectivity index (χ0v) is 12.8. The van der Waals surface area contributed by atoms with Gasteiger partial charge in [0.2, 0.25) is 5.91 Å². The van der Waals surface area contributed by atoms with E-state index in [2.05, 4.69) is 23.3 Å². The lowest BCUT2D eigenvalue weighted by atomic mass is 10.1. The number of aliphatic hydroxyl groups excluding tert-OH is 1. The van der Waals surface area contributed by atoms with Crippen molar-refractivity contribution in [1.29, 1.82) is 0 Å². The number of aromatic amines is 1. The average Bonchev–Trinajstić information content (AvgIpc) is 2.88. The van der Waals surface area contributed by atoms with Crippen LogP contribution in [-0.2, 0) is 17.6 Å². The Hall–Kier alpha value is -1.81. The Bertz CT molecular complexity index is 604. The number of carbonyl (C=O) groups excluding carboxylic acids is 1. The number of carbonyl (C=O) groups is 1. The average molecular weight is 288 g/mol. The molecule has 1 amide bonds. The predicted octanol–water partition coefficient (Wildman–Crippen LogP) is 2.55. The minimum atomic E-state index is -0.450. The first-order valence-corrected chi connectivity index (χ1v) is 7.68. The van der Waals surface area contributed by atoms with Crippen LogP contribution in [0.15, 0.2) is 24.4 Å². The quantitative estimate of drug-likeness (QED) is 0.733. The molecule has 1 atom stereocenters. The molecule has 0 aliphatic rings. The van der Waals surface area contributed by atoms with E-state index in [1.54, 1.807) is 0 Å². The van der Waals surface area contributed by atoms with E-state index in [9.17, 15) is 9.90 Å². The number of para-hydroxylation sites is 1. The van der Waals surface area contributed by atoms with Gasteiger partial charge in [-0.05, 0) is 24.0 Å². The van der Waals surface area contributed by atoms with Gasteiger partial charge in [0, 0.05) is 23.6 Å². The maximum Gasteiger partial charge on any atom is 0.224 e. The third-order valence-corrected chi connectivity index (χ3v) is 3.78. The van der Waals surface area contributed by atoms with Gasteiger partial charge in [-0.15, -0.1) is 0 Å². The topological polar surface area (TPSA) is 65.1 Å². The van der Waals surface area contributed by atoms with E-state index in [1.165, 1.54) is 5.56 Å². The van der Waals surface area contributed by atoms with Crippen molar-refractivity contribution >= 4 is 16.8 Å². The Labute approximate surface area is 125 Å². The molecule has 0 fully saturated rings. The highest BCUT2D eigenvalue weighted by molar-refractivity contribution is 5.90. The van der Waals surface area contributed by atoms with Crippen molar-refractivity contribution in [3.63, 3.8) is 0 Å². The molecular formula is C17H24N2O2. The SMILES string of the molecule is CCCC(O)CNC(=O)Cc1c[nH]c2c(CC)cccc12. The fourth-order valence-electron chi connectivity index (χ4n) is 2.62. The van der Waals surface area contributed by atoms with E-state index in [4.69, 9.17) is 0 Å².